The molecular formula is C25H24N4O6. The molecule has 2 amide bonds. The molecule has 0 radical (unpaired) electrons. The molecule has 2 atom stereocenters. The van der Waals surface area contributed by atoms with Gasteiger partial charge in [-0.3, -0.25) is 14.8 Å². The van der Waals surface area contributed by atoms with Gasteiger partial charge in [0.1, 0.15) is 12.6 Å². The average Bonchev–Trinajstić information content (AvgIpc) is 3.50. The van der Waals surface area contributed by atoms with Gasteiger partial charge in [-0.2, -0.15) is 5.10 Å². The van der Waals surface area contributed by atoms with E-state index in [1.807, 2.05) is 48.5 Å². The van der Waals surface area contributed by atoms with Crippen molar-refractivity contribution in [3.63, 3.8) is 0 Å². The fourth-order valence-electron chi connectivity index (χ4n) is 4.89. The third-order valence-electron chi connectivity index (χ3n) is 6.44. The molecular weight excluding hydrogens is 452 g/mol. The number of ether oxygens (including phenoxy) is 1. The third-order valence-corrected chi connectivity index (χ3v) is 6.44. The molecule has 2 aliphatic rings. The smallest absolute Gasteiger partial charge is 0.411 e. The van der Waals surface area contributed by atoms with E-state index in [1.165, 1.54) is 10.9 Å². The van der Waals surface area contributed by atoms with Gasteiger partial charge >= 0.3 is 12.1 Å². The summed E-state index contributed by atoms with van der Waals surface area (Å²) in [5.74, 6) is -2.02. The highest BCUT2D eigenvalue weighted by atomic mass is 16.5. The minimum Gasteiger partial charge on any atom is -0.480 e. The summed E-state index contributed by atoms with van der Waals surface area (Å²) in [7, 11) is 1.58. The average molecular weight is 476 g/mol. The summed E-state index contributed by atoms with van der Waals surface area (Å²) in [5, 5.41) is 26.0. The number of carboxylic acid groups (broad SMARTS) is 1. The predicted octanol–water partition coefficient (Wildman–Crippen LogP) is 2.44. The maximum atomic E-state index is 13.0. The number of hydrogen-bond donors (Lipinski definition) is 3. The van der Waals surface area contributed by atoms with Crippen LogP contribution >= 0.6 is 0 Å². The van der Waals surface area contributed by atoms with E-state index in [1.54, 1.807) is 7.05 Å². The number of amides is 2. The number of fused-ring (bicyclic) bond motifs is 3. The van der Waals surface area contributed by atoms with Crippen LogP contribution in [0.2, 0.25) is 0 Å². The first-order valence-corrected chi connectivity index (χ1v) is 11.2. The van der Waals surface area contributed by atoms with E-state index in [0.29, 0.717) is 0 Å². The monoisotopic (exact) mass is 476 g/mol. The maximum Gasteiger partial charge on any atom is 0.411 e. The predicted molar refractivity (Wildman–Crippen MR) is 125 cm³/mol. The SMILES string of the molecule is Cn1cc(NC(=O)OCC2c3ccccc3-c3ccccc32)c(C(=O)N2C[C@@H](O)C[C@H]2C(=O)O)n1. The van der Waals surface area contributed by atoms with Crippen LogP contribution in [0, 0.1) is 0 Å². The highest BCUT2D eigenvalue weighted by Gasteiger charge is 2.41. The quantitative estimate of drug-likeness (QED) is 0.515. The number of carboxylic acids is 1. The number of likely N-dealkylation sites (tertiary alicyclic amines) is 1. The molecule has 0 unspecified atom stereocenters. The molecule has 1 aliphatic carbocycles. The van der Waals surface area contributed by atoms with Gasteiger partial charge in [0.2, 0.25) is 0 Å². The zero-order valence-corrected chi connectivity index (χ0v) is 18.9. The normalized spacial score (nSPS) is 18.7. The summed E-state index contributed by atoms with van der Waals surface area (Å²) in [6.45, 7) is -0.0282. The summed E-state index contributed by atoms with van der Waals surface area (Å²) in [6.07, 6.45) is -0.326. The number of carbonyl (C=O) groups is 3. The fraction of sp³-hybridized carbons (Fsp3) is 0.280. The molecule has 3 N–H and O–H groups in total. The molecule has 3 aromatic rings. The van der Waals surface area contributed by atoms with E-state index in [0.717, 1.165) is 27.2 Å². The van der Waals surface area contributed by atoms with Crippen LogP contribution in [-0.2, 0) is 16.6 Å². The van der Waals surface area contributed by atoms with Crippen molar-refractivity contribution < 1.29 is 29.3 Å². The van der Waals surface area contributed by atoms with E-state index in [4.69, 9.17) is 4.74 Å². The molecule has 0 spiro atoms. The fourth-order valence-corrected chi connectivity index (χ4v) is 4.89. The molecule has 1 aliphatic heterocycles. The van der Waals surface area contributed by atoms with Gasteiger partial charge in [-0.1, -0.05) is 48.5 Å². The Hall–Kier alpha value is -4.18. The number of anilines is 1. The van der Waals surface area contributed by atoms with E-state index in [9.17, 15) is 24.6 Å². The Balaban J connectivity index is 1.31. The lowest BCUT2D eigenvalue weighted by atomic mass is 9.98. The van der Waals surface area contributed by atoms with Crippen LogP contribution in [0.25, 0.3) is 11.1 Å². The first-order chi connectivity index (χ1) is 16.8. The maximum absolute atomic E-state index is 13.0. The molecule has 1 saturated heterocycles. The second-order valence-corrected chi connectivity index (χ2v) is 8.72. The largest absolute Gasteiger partial charge is 0.480 e. The van der Waals surface area contributed by atoms with Crippen LogP contribution < -0.4 is 5.32 Å². The van der Waals surface area contributed by atoms with Crippen LogP contribution in [0.15, 0.2) is 54.7 Å². The van der Waals surface area contributed by atoms with Gasteiger partial charge in [0.15, 0.2) is 5.69 Å². The summed E-state index contributed by atoms with van der Waals surface area (Å²) in [5.41, 5.74) is 4.34. The lowest BCUT2D eigenvalue weighted by Gasteiger charge is -2.20. The molecule has 1 fully saturated rings. The van der Waals surface area contributed by atoms with Gasteiger partial charge in [0.25, 0.3) is 5.91 Å². The van der Waals surface area contributed by atoms with Gasteiger partial charge in [-0.05, 0) is 22.3 Å². The number of nitrogens with zero attached hydrogens (tertiary/aromatic N) is 3. The Labute approximate surface area is 200 Å². The van der Waals surface area contributed by atoms with E-state index >= 15 is 0 Å². The molecule has 2 aromatic carbocycles. The Morgan fingerprint density at radius 1 is 1.09 bits per heavy atom. The van der Waals surface area contributed by atoms with Crippen LogP contribution in [0.3, 0.4) is 0 Å². The highest BCUT2D eigenvalue weighted by molar-refractivity contribution is 6.02. The minimum absolute atomic E-state index is 0.0664. The standard InChI is InChI=1S/C25H24N4O6/c1-28-12-20(22(27-28)23(31)29-11-14(30)10-21(29)24(32)33)26-25(34)35-13-19-17-8-4-2-6-15(17)16-7-3-5-9-18(16)19/h2-9,12,14,19,21,30H,10-11,13H2,1H3,(H,26,34)(H,32,33)/t14-,21-/m0/s1. The van der Waals surface area contributed by atoms with Crippen LogP contribution in [0.4, 0.5) is 10.5 Å². The number of aromatic nitrogens is 2. The van der Waals surface area contributed by atoms with Gasteiger partial charge in [0, 0.05) is 32.1 Å². The Morgan fingerprint density at radius 3 is 2.34 bits per heavy atom. The number of rotatable bonds is 5. The van der Waals surface area contributed by atoms with E-state index < -0.39 is 30.1 Å². The number of carbonyl (C=O) groups excluding carboxylic acids is 2. The highest BCUT2D eigenvalue weighted by Crippen LogP contribution is 2.44. The van der Waals surface area contributed by atoms with E-state index in [-0.39, 0.29) is 36.9 Å². The second kappa shape index (κ2) is 8.88. The molecule has 180 valence electrons. The zero-order valence-electron chi connectivity index (χ0n) is 18.9. The van der Waals surface area contributed by atoms with Crippen molar-refractivity contribution in [2.24, 2.45) is 7.05 Å². The zero-order chi connectivity index (χ0) is 24.7. The van der Waals surface area contributed by atoms with Crippen molar-refractivity contribution in [2.75, 3.05) is 18.5 Å². The summed E-state index contributed by atoms with van der Waals surface area (Å²) < 4.78 is 6.89. The van der Waals surface area contributed by atoms with Crippen LogP contribution in [-0.4, -0.2) is 68.2 Å². The molecule has 2 heterocycles. The summed E-state index contributed by atoms with van der Waals surface area (Å²) in [4.78, 5) is 38.3. The Morgan fingerprint density at radius 2 is 1.71 bits per heavy atom. The number of nitrogens with one attached hydrogen (secondary N) is 1. The third kappa shape index (κ3) is 4.12. The van der Waals surface area contributed by atoms with Gasteiger partial charge in [-0.15, -0.1) is 0 Å². The Bertz CT molecular complexity index is 1270. The molecule has 10 heteroatoms. The summed E-state index contributed by atoms with van der Waals surface area (Å²) >= 11 is 0. The number of aliphatic hydroxyl groups excluding tert-OH is 1. The molecule has 35 heavy (non-hydrogen) atoms. The van der Waals surface area contributed by atoms with Crippen molar-refractivity contribution in [3.05, 3.63) is 71.5 Å². The van der Waals surface area contributed by atoms with Crippen molar-refractivity contribution >= 4 is 23.7 Å². The summed E-state index contributed by atoms with van der Waals surface area (Å²) in [6, 6.07) is 14.8. The second-order valence-electron chi connectivity index (χ2n) is 8.72. The van der Waals surface area contributed by atoms with Crippen LogP contribution in [0.1, 0.15) is 34.0 Å². The molecule has 0 saturated carbocycles. The first kappa shape index (κ1) is 22.6. The van der Waals surface area contributed by atoms with Gasteiger partial charge in [-0.25, -0.2) is 9.59 Å². The topological polar surface area (TPSA) is 134 Å². The van der Waals surface area contributed by atoms with E-state index in [2.05, 4.69) is 10.4 Å². The first-order valence-electron chi connectivity index (χ1n) is 11.2. The lowest BCUT2D eigenvalue weighted by molar-refractivity contribution is -0.141. The molecule has 0 bridgehead atoms. The van der Waals surface area contributed by atoms with Gasteiger partial charge < -0.3 is 19.8 Å². The van der Waals surface area contributed by atoms with Crippen molar-refractivity contribution in [2.45, 2.75) is 24.5 Å². The van der Waals surface area contributed by atoms with Crippen LogP contribution in [0.5, 0.6) is 0 Å². The number of aliphatic carboxylic acids is 1. The lowest BCUT2D eigenvalue weighted by Crippen LogP contribution is -2.41. The van der Waals surface area contributed by atoms with Crippen molar-refractivity contribution in [3.8, 4) is 11.1 Å². The molecule has 5 rings (SSSR count). The number of hydrogen-bond acceptors (Lipinski definition) is 6. The number of aryl methyl sites for hydroxylation is 1. The minimum atomic E-state index is -1.21. The number of aliphatic hydroxyl groups is 1. The number of β-amino-alcohol motifs (C(OH)–C–C–N with tert-alkyl or cyclic N) is 1. The van der Waals surface area contributed by atoms with Crippen molar-refractivity contribution in [1.29, 1.82) is 0 Å². The molecule has 10 nitrogen and oxygen atoms in total. The number of benzene rings is 2. The Kier molecular flexibility index (Phi) is 5.73. The van der Waals surface area contributed by atoms with Crippen molar-refractivity contribution in [1.82, 2.24) is 14.7 Å². The van der Waals surface area contributed by atoms with Gasteiger partial charge in [0.05, 0.1) is 11.8 Å². The molecule has 1 aromatic heterocycles.